The van der Waals surface area contributed by atoms with E-state index in [4.69, 9.17) is 16.3 Å². The average Bonchev–Trinajstić information content (AvgIpc) is 2.93. The number of halogens is 1. The van der Waals surface area contributed by atoms with Gasteiger partial charge in [0, 0.05) is 10.7 Å². The van der Waals surface area contributed by atoms with E-state index in [1.165, 1.54) is 0 Å². The Labute approximate surface area is 166 Å². The highest BCUT2D eigenvalue weighted by Gasteiger charge is 2.45. The predicted octanol–water partition coefficient (Wildman–Crippen LogP) is 3.31. The second kappa shape index (κ2) is 7.13. The fraction of sp³-hybridized carbons (Fsp3) is 0.190. The molecule has 1 N–H and O–H groups in total. The standard InChI is InChI=1S/C21H17ClN2O4/c1-12-5-10-16(19(25)23-12)24-20(26)15-3-2-4-17(18(15)21(24)27)28-11-13-6-8-14(22)9-7-13/h2-4,6-9,16H,1,5,10-11H2,(H,23,25). The summed E-state index contributed by atoms with van der Waals surface area (Å²) in [5.41, 5.74) is 1.90. The van der Waals surface area contributed by atoms with Crippen LogP contribution in [0.15, 0.2) is 54.7 Å². The molecule has 0 spiro atoms. The third kappa shape index (κ3) is 3.16. The van der Waals surface area contributed by atoms with Crippen molar-refractivity contribution in [1.29, 1.82) is 0 Å². The molecule has 0 aliphatic carbocycles. The molecule has 0 aromatic heterocycles. The molecular weight excluding hydrogens is 380 g/mol. The lowest BCUT2D eigenvalue weighted by atomic mass is 10.0. The Morgan fingerprint density at radius 3 is 2.57 bits per heavy atom. The molecule has 0 bridgehead atoms. The number of imide groups is 1. The molecule has 2 aromatic carbocycles. The maximum atomic E-state index is 13.0. The van der Waals surface area contributed by atoms with Gasteiger partial charge in [-0.2, -0.15) is 0 Å². The largest absolute Gasteiger partial charge is 0.488 e. The van der Waals surface area contributed by atoms with Crippen molar-refractivity contribution in [2.75, 3.05) is 0 Å². The Hall–Kier alpha value is -3.12. The van der Waals surface area contributed by atoms with E-state index in [0.717, 1.165) is 10.5 Å². The molecule has 2 aliphatic rings. The summed E-state index contributed by atoms with van der Waals surface area (Å²) in [6.45, 7) is 3.95. The molecule has 2 aromatic rings. The van der Waals surface area contributed by atoms with Crippen LogP contribution in [0, 0.1) is 0 Å². The van der Waals surface area contributed by atoms with Crippen molar-refractivity contribution in [3.05, 3.63) is 76.5 Å². The molecule has 0 radical (unpaired) electrons. The van der Waals surface area contributed by atoms with Crippen molar-refractivity contribution >= 4 is 29.3 Å². The molecule has 2 heterocycles. The minimum Gasteiger partial charge on any atom is -0.488 e. The molecule has 0 saturated carbocycles. The zero-order valence-corrected chi connectivity index (χ0v) is 15.7. The number of fused-ring (bicyclic) bond motifs is 1. The van der Waals surface area contributed by atoms with E-state index in [-0.39, 0.29) is 17.7 Å². The van der Waals surface area contributed by atoms with Crippen LogP contribution in [0.25, 0.3) is 0 Å². The number of ether oxygens (including phenoxy) is 1. The summed E-state index contributed by atoms with van der Waals surface area (Å²) in [4.78, 5) is 39.2. The lowest BCUT2D eigenvalue weighted by Crippen LogP contribution is -2.51. The van der Waals surface area contributed by atoms with Crippen LogP contribution in [0.5, 0.6) is 5.75 Å². The average molecular weight is 397 g/mol. The molecule has 1 fully saturated rings. The van der Waals surface area contributed by atoms with Crippen molar-refractivity contribution in [1.82, 2.24) is 10.2 Å². The van der Waals surface area contributed by atoms with Gasteiger partial charge in [0.25, 0.3) is 11.8 Å². The van der Waals surface area contributed by atoms with E-state index < -0.39 is 23.8 Å². The van der Waals surface area contributed by atoms with E-state index in [1.54, 1.807) is 30.3 Å². The molecule has 1 saturated heterocycles. The number of nitrogens with zero attached hydrogens (tertiary/aromatic N) is 1. The first kappa shape index (κ1) is 18.3. The molecule has 1 unspecified atom stereocenters. The minimum absolute atomic E-state index is 0.193. The molecule has 6 nitrogen and oxygen atoms in total. The molecule has 28 heavy (non-hydrogen) atoms. The lowest BCUT2D eigenvalue weighted by molar-refractivity contribution is -0.125. The number of piperidine rings is 1. The van der Waals surface area contributed by atoms with Crippen LogP contribution in [0.4, 0.5) is 0 Å². The van der Waals surface area contributed by atoms with Crippen LogP contribution in [0.3, 0.4) is 0 Å². The summed E-state index contributed by atoms with van der Waals surface area (Å²) in [6, 6.07) is 11.2. The summed E-state index contributed by atoms with van der Waals surface area (Å²) in [5.74, 6) is -1.08. The number of allylic oxidation sites excluding steroid dienone is 1. The van der Waals surface area contributed by atoms with E-state index in [2.05, 4.69) is 11.9 Å². The Kier molecular flexibility index (Phi) is 4.65. The van der Waals surface area contributed by atoms with Gasteiger partial charge in [-0.3, -0.25) is 19.3 Å². The van der Waals surface area contributed by atoms with Crippen LogP contribution >= 0.6 is 11.6 Å². The molecule has 3 amide bonds. The molecule has 1 atom stereocenters. The van der Waals surface area contributed by atoms with Crippen molar-refractivity contribution in [3.8, 4) is 5.75 Å². The fourth-order valence-electron chi connectivity index (χ4n) is 3.43. The SMILES string of the molecule is C=C1CCC(N2C(=O)c3cccc(OCc4ccc(Cl)cc4)c3C2=O)C(=O)N1. The highest BCUT2D eigenvalue weighted by molar-refractivity contribution is 6.30. The van der Waals surface area contributed by atoms with Crippen molar-refractivity contribution in [3.63, 3.8) is 0 Å². The number of rotatable bonds is 4. The summed E-state index contributed by atoms with van der Waals surface area (Å²) in [5, 5.41) is 3.24. The third-order valence-electron chi connectivity index (χ3n) is 4.85. The van der Waals surface area contributed by atoms with E-state index in [1.807, 2.05) is 12.1 Å². The van der Waals surface area contributed by atoms with Gasteiger partial charge in [-0.1, -0.05) is 36.4 Å². The zero-order chi connectivity index (χ0) is 19.8. The van der Waals surface area contributed by atoms with Gasteiger partial charge in [0.05, 0.1) is 11.1 Å². The van der Waals surface area contributed by atoms with Gasteiger partial charge in [0.15, 0.2) is 0 Å². The van der Waals surface area contributed by atoms with Gasteiger partial charge in [-0.25, -0.2) is 0 Å². The van der Waals surface area contributed by atoms with Gasteiger partial charge in [-0.15, -0.1) is 0 Å². The van der Waals surface area contributed by atoms with Gasteiger partial charge >= 0.3 is 0 Å². The summed E-state index contributed by atoms with van der Waals surface area (Å²) < 4.78 is 5.82. The van der Waals surface area contributed by atoms with Crippen molar-refractivity contribution < 1.29 is 19.1 Å². The third-order valence-corrected chi connectivity index (χ3v) is 5.10. The summed E-state index contributed by atoms with van der Waals surface area (Å²) >= 11 is 5.88. The van der Waals surface area contributed by atoms with Crippen molar-refractivity contribution in [2.45, 2.75) is 25.5 Å². The minimum atomic E-state index is -0.845. The maximum Gasteiger partial charge on any atom is 0.266 e. The monoisotopic (exact) mass is 396 g/mol. The normalized spacial score (nSPS) is 18.9. The number of amides is 3. The number of nitrogens with one attached hydrogen (secondary N) is 1. The summed E-state index contributed by atoms with van der Waals surface area (Å²) in [6.07, 6.45) is 0.876. The fourth-order valence-corrected chi connectivity index (χ4v) is 3.55. The maximum absolute atomic E-state index is 13.0. The van der Waals surface area contributed by atoms with Gasteiger partial charge in [0.1, 0.15) is 18.4 Å². The first-order chi connectivity index (χ1) is 13.5. The lowest BCUT2D eigenvalue weighted by Gasteiger charge is -2.29. The molecule has 2 aliphatic heterocycles. The van der Waals surface area contributed by atoms with E-state index in [9.17, 15) is 14.4 Å². The quantitative estimate of drug-likeness (QED) is 0.804. The molecule has 7 heteroatoms. The number of carbonyl (C=O) groups excluding carboxylic acids is 3. The van der Waals surface area contributed by atoms with Gasteiger partial charge in [-0.05, 0) is 42.7 Å². The second-order valence-electron chi connectivity index (χ2n) is 6.72. The number of benzene rings is 2. The zero-order valence-electron chi connectivity index (χ0n) is 14.9. The number of hydrogen-bond acceptors (Lipinski definition) is 4. The number of hydrogen-bond donors (Lipinski definition) is 1. The van der Waals surface area contributed by atoms with Gasteiger partial charge in [0.2, 0.25) is 5.91 Å². The number of carbonyl (C=O) groups is 3. The van der Waals surface area contributed by atoms with E-state index in [0.29, 0.717) is 29.3 Å². The second-order valence-corrected chi connectivity index (χ2v) is 7.16. The molecular formula is C21H17ClN2O4. The van der Waals surface area contributed by atoms with Crippen LogP contribution in [-0.4, -0.2) is 28.7 Å². The Morgan fingerprint density at radius 1 is 1.11 bits per heavy atom. The molecule has 142 valence electrons. The van der Waals surface area contributed by atoms with Crippen LogP contribution in [0.2, 0.25) is 5.02 Å². The van der Waals surface area contributed by atoms with Crippen LogP contribution < -0.4 is 10.1 Å². The Morgan fingerprint density at radius 2 is 1.86 bits per heavy atom. The Bertz CT molecular complexity index is 1000. The topological polar surface area (TPSA) is 75.7 Å². The van der Waals surface area contributed by atoms with E-state index >= 15 is 0 Å². The Balaban J connectivity index is 1.59. The van der Waals surface area contributed by atoms with Crippen LogP contribution in [0.1, 0.15) is 39.1 Å². The highest BCUT2D eigenvalue weighted by Crippen LogP contribution is 2.34. The molecule has 4 rings (SSSR count). The highest BCUT2D eigenvalue weighted by atomic mass is 35.5. The smallest absolute Gasteiger partial charge is 0.266 e. The van der Waals surface area contributed by atoms with Gasteiger partial charge < -0.3 is 10.1 Å². The first-order valence-electron chi connectivity index (χ1n) is 8.82. The first-order valence-corrected chi connectivity index (χ1v) is 9.20. The van der Waals surface area contributed by atoms with Crippen LogP contribution in [-0.2, 0) is 11.4 Å². The van der Waals surface area contributed by atoms with Crippen molar-refractivity contribution in [2.24, 2.45) is 0 Å². The predicted molar refractivity (Wildman–Crippen MR) is 103 cm³/mol. The summed E-state index contributed by atoms with van der Waals surface area (Å²) in [7, 11) is 0.